The van der Waals surface area contributed by atoms with Crippen LogP contribution in [0, 0.1) is 5.92 Å². The molecule has 3 rings (SSSR count). The third-order valence-corrected chi connectivity index (χ3v) is 4.01. The van der Waals surface area contributed by atoms with E-state index < -0.39 is 0 Å². The minimum atomic E-state index is 0.770. The molecule has 1 aromatic carbocycles. The third-order valence-electron chi connectivity index (χ3n) is 4.01. The Kier molecular flexibility index (Phi) is 3.99. The number of rotatable bonds is 4. The van der Waals surface area contributed by atoms with Gasteiger partial charge in [0.1, 0.15) is 0 Å². The summed E-state index contributed by atoms with van der Waals surface area (Å²) in [5.41, 5.74) is 2.79. The number of para-hydroxylation sites is 1. The van der Waals surface area contributed by atoms with E-state index in [0.29, 0.717) is 0 Å². The van der Waals surface area contributed by atoms with Crippen molar-refractivity contribution in [3.8, 4) is 0 Å². The highest BCUT2D eigenvalue weighted by Crippen LogP contribution is 2.26. The Morgan fingerprint density at radius 3 is 2.79 bits per heavy atom. The molecule has 0 radical (unpaired) electrons. The smallest absolute Gasteiger partial charge is 0.0408 e. The Morgan fingerprint density at radius 1 is 1.21 bits per heavy atom. The van der Waals surface area contributed by atoms with E-state index in [0.717, 1.165) is 31.8 Å². The Hall–Kier alpha value is -1.54. The van der Waals surface area contributed by atoms with Gasteiger partial charge in [0.2, 0.25) is 0 Å². The van der Waals surface area contributed by atoms with Crippen LogP contribution in [-0.2, 0) is 0 Å². The first-order chi connectivity index (χ1) is 9.43. The van der Waals surface area contributed by atoms with Crippen LogP contribution in [0.3, 0.4) is 0 Å². The second-order valence-electron chi connectivity index (χ2n) is 5.43. The van der Waals surface area contributed by atoms with E-state index in [4.69, 9.17) is 0 Å². The molecule has 19 heavy (non-hydrogen) atoms. The number of allylic oxidation sites excluding steroid dienone is 4. The largest absolute Gasteiger partial charge is 0.345 e. The number of hydrogen-bond donors (Lipinski definition) is 1. The topological polar surface area (TPSA) is 15.3 Å². The van der Waals surface area contributed by atoms with Gasteiger partial charge in [-0.1, -0.05) is 30.4 Å². The van der Waals surface area contributed by atoms with Crippen molar-refractivity contribution in [3.05, 3.63) is 54.3 Å². The zero-order chi connectivity index (χ0) is 12.9. The number of hydrogen-bond acceptors (Lipinski definition) is 2. The number of nitrogens with zero attached hydrogens (tertiary/aromatic N) is 1. The lowest BCUT2D eigenvalue weighted by atomic mass is 10.0. The highest BCUT2D eigenvalue weighted by atomic mass is 15.1. The average Bonchev–Trinajstić information content (AvgIpc) is 3.00. The van der Waals surface area contributed by atoms with Gasteiger partial charge >= 0.3 is 0 Å². The molecular formula is C17H22N2. The molecule has 0 amide bonds. The van der Waals surface area contributed by atoms with E-state index >= 15 is 0 Å². The van der Waals surface area contributed by atoms with Crippen molar-refractivity contribution in [3.63, 3.8) is 0 Å². The highest BCUT2D eigenvalue weighted by Gasteiger charge is 2.20. The molecule has 1 saturated heterocycles. The van der Waals surface area contributed by atoms with E-state index in [1.165, 1.54) is 24.4 Å². The zero-order valence-corrected chi connectivity index (χ0v) is 11.4. The molecule has 1 aliphatic heterocycles. The summed E-state index contributed by atoms with van der Waals surface area (Å²) in [7, 11) is 0. The van der Waals surface area contributed by atoms with E-state index in [2.05, 4.69) is 58.8 Å². The molecule has 100 valence electrons. The molecule has 0 spiro atoms. The van der Waals surface area contributed by atoms with Crippen molar-refractivity contribution in [2.75, 3.05) is 24.5 Å². The molecule has 2 heteroatoms. The van der Waals surface area contributed by atoms with E-state index in [1.54, 1.807) is 0 Å². The summed E-state index contributed by atoms with van der Waals surface area (Å²) in [5.74, 6) is 0.770. The highest BCUT2D eigenvalue weighted by molar-refractivity contribution is 5.53. The van der Waals surface area contributed by atoms with Crippen molar-refractivity contribution in [2.45, 2.75) is 19.3 Å². The van der Waals surface area contributed by atoms with Crippen LogP contribution in [0.2, 0.25) is 0 Å². The molecule has 1 N–H and O–H groups in total. The third kappa shape index (κ3) is 3.07. The average molecular weight is 254 g/mol. The van der Waals surface area contributed by atoms with Crippen LogP contribution >= 0.6 is 0 Å². The van der Waals surface area contributed by atoms with Gasteiger partial charge in [0.15, 0.2) is 0 Å². The summed E-state index contributed by atoms with van der Waals surface area (Å²) in [4.78, 5) is 2.52. The van der Waals surface area contributed by atoms with Gasteiger partial charge in [-0.15, -0.1) is 0 Å². The fourth-order valence-corrected chi connectivity index (χ4v) is 2.94. The van der Waals surface area contributed by atoms with E-state index in [9.17, 15) is 0 Å². The molecule has 0 bridgehead atoms. The van der Waals surface area contributed by atoms with Crippen LogP contribution in [0.15, 0.2) is 54.3 Å². The first-order valence-electron chi connectivity index (χ1n) is 7.32. The lowest BCUT2D eigenvalue weighted by molar-refractivity contribution is 0.573. The van der Waals surface area contributed by atoms with Crippen molar-refractivity contribution < 1.29 is 0 Å². The summed E-state index contributed by atoms with van der Waals surface area (Å²) >= 11 is 0. The van der Waals surface area contributed by atoms with Crippen molar-refractivity contribution in [1.29, 1.82) is 0 Å². The molecule has 0 aromatic heterocycles. The molecule has 1 atom stereocenters. The molecule has 1 aliphatic carbocycles. The minimum Gasteiger partial charge on any atom is -0.345 e. The maximum atomic E-state index is 3.47. The van der Waals surface area contributed by atoms with Crippen molar-refractivity contribution in [1.82, 2.24) is 5.32 Å². The van der Waals surface area contributed by atoms with Crippen LogP contribution in [0.25, 0.3) is 0 Å². The maximum Gasteiger partial charge on any atom is 0.0408 e. The molecule has 1 unspecified atom stereocenters. The molecule has 2 nitrogen and oxygen atoms in total. The van der Waals surface area contributed by atoms with Gasteiger partial charge < -0.3 is 10.2 Å². The van der Waals surface area contributed by atoms with Crippen LogP contribution < -0.4 is 10.2 Å². The van der Waals surface area contributed by atoms with Crippen molar-refractivity contribution >= 4 is 5.69 Å². The van der Waals surface area contributed by atoms with Crippen LogP contribution in [-0.4, -0.2) is 19.6 Å². The predicted molar refractivity (Wildman–Crippen MR) is 81.2 cm³/mol. The fourth-order valence-electron chi connectivity index (χ4n) is 2.94. The molecule has 2 aliphatic rings. The van der Waals surface area contributed by atoms with Crippen molar-refractivity contribution in [2.24, 2.45) is 5.92 Å². The Labute approximate surface area is 115 Å². The first-order valence-corrected chi connectivity index (χ1v) is 7.32. The normalized spacial score (nSPS) is 22.3. The van der Waals surface area contributed by atoms with Crippen LogP contribution in [0.4, 0.5) is 5.69 Å². The lowest BCUT2D eigenvalue weighted by Gasteiger charge is -2.31. The monoisotopic (exact) mass is 254 g/mol. The number of anilines is 1. The van der Waals surface area contributed by atoms with Gasteiger partial charge in [-0.2, -0.15) is 0 Å². The quantitative estimate of drug-likeness (QED) is 0.886. The maximum absolute atomic E-state index is 3.47. The number of nitrogens with one attached hydrogen (secondary N) is 1. The minimum absolute atomic E-state index is 0.770. The fraction of sp³-hybridized carbons (Fsp3) is 0.412. The molecular weight excluding hydrogens is 232 g/mol. The molecule has 0 saturated carbocycles. The van der Waals surface area contributed by atoms with Gasteiger partial charge in [-0.25, -0.2) is 0 Å². The summed E-state index contributed by atoms with van der Waals surface area (Å²) in [5, 5.41) is 3.47. The summed E-state index contributed by atoms with van der Waals surface area (Å²) in [6, 6.07) is 10.8. The van der Waals surface area contributed by atoms with Gasteiger partial charge in [-0.3, -0.25) is 0 Å². The molecule has 1 aromatic rings. The summed E-state index contributed by atoms with van der Waals surface area (Å²) in [6.45, 7) is 3.47. The van der Waals surface area contributed by atoms with Gasteiger partial charge in [-0.05, 0) is 56.5 Å². The predicted octanol–water partition coefficient (Wildman–Crippen LogP) is 3.34. The molecule has 1 heterocycles. The first kappa shape index (κ1) is 12.5. The van der Waals surface area contributed by atoms with E-state index in [1.807, 2.05) is 0 Å². The second-order valence-corrected chi connectivity index (χ2v) is 5.43. The standard InChI is InChI=1S/C17H22N2/c1-3-7-16(8-4-1)19(14-15-11-12-18-13-15)17-9-5-2-6-10-17/h1-5,7-9,15,18H,6,10-14H2. The van der Waals surface area contributed by atoms with Crippen LogP contribution in [0.5, 0.6) is 0 Å². The summed E-state index contributed by atoms with van der Waals surface area (Å²) in [6.07, 6.45) is 10.3. The Bertz CT molecular complexity index is 455. The van der Waals surface area contributed by atoms with Gasteiger partial charge in [0.05, 0.1) is 0 Å². The Morgan fingerprint density at radius 2 is 2.11 bits per heavy atom. The lowest BCUT2D eigenvalue weighted by Crippen LogP contribution is -2.30. The number of benzene rings is 1. The second kappa shape index (κ2) is 6.07. The zero-order valence-electron chi connectivity index (χ0n) is 11.4. The Balaban J connectivity index is 1.82. The van der Waals surface area contributed by atoms with Crippen LogP contribution in [0.1, 0.15) is 19.3 Å². The van der Waals surface area contributed by atoms with Gasteiger partial charge in [0.25, 0.3) is 0 Å². The summed E-state index contributed by atoms with van der Waals surface area (Å²) < 4.78 is 0. The van der Waals surface area contributed by atoms with Gasteiger partial charge in [0, 0.05) is 17.9 Å². The molecule has 1 fully saturated rings. The SMILES string of the molecule is C1=CCCC(N(CC2CCNC2)c2ccccc2)=C1. The van der Waals surface area contributed by atoms with E-state index in [-0.39, 0.29) is 0 Å².